The summed E-state index contributed by atoms with van der Waals surface area (Å²) in [5.74, 6) is -1.73. The summed E-state index contributed by atoms with van der Waals surface area (Å²) in [7, 11) is 0. The van der Waals surface area contributed by atoms with Gasteiger partial charge >= 0.3 is 0 Å². The fourth-order valence-corrected chi connectivity index (χ4v) is 1.74. The number of carbonyl (C=O) groups is 2. The van der Waals surface area contributed by atoms with E-state index in [1.165, 1.54) is 43.3 Å². The molecule has 0 spiro atoms. The van der Waals surface area contributed by atoms with Crippen molar-refractivity contribution < 1.29 is 23.1 Å². The summed E-state index contributed by atoms with van der Waals surface area (Å²) in [6.45, 7) is 0.960. The van der Waals surface area contributed by atoms with Gasteiger partial charge < -0.3 is 4.74 Å². The van der Waals surface area contributed by atoms with Crippen LogP contribution in [0.1, 0.15) is 27.6 Å². The molecule has 0 saturated heterocycles. The Balaban J connectivity index is 2.03. The largest absolute Gasteiger partial charge is 0.485 e. The van der Waals surface area contributed by atoms with Crippen molar-refractivity contribution in [3.05, 3.63) is 65.2 Å². The molecule has 2 rings (SSSR count). The van der Waals surface area contributed by atoms with Gasteiger partial charge in [-0.05, 0) is 43.3 Å². The highest BCUT2D eigenvalue weighted by atomic mass is 19.1. The topological polar surface area (TPSA) is 43.4 Å². The van der Waals surface area contributed by atoms with Crippen molar-refractivity contribution in [2.24, 2.45) is 0 Å². The Morgan fingerprint density at radius 2 is 1.71 bits per heavy atom. The molecule has 5 heteroatoms. The summed E-state index contributed by atoms with van der Waals surface area (Å²) < 4.78 is 31.5. The molecule has 0 aliphatic carbocycles. The number of carbonyl (C=O) groups excluding carboxylic acids is 2. The quantitative estimate of drug-likeness (QED) is 0.792. The summed E-state index contributed by atoms with van der Waals surface area (Å²) in [4.78, 5) is 22.9. The summed E-state index contributed by atoms with van der Waals surface area (Å²) in [5, 5.41) is 0. The molecule has 0 aliphatic heterocycles. The summed E-state index contributed by atoms with van der Waals surface area (Å²) >= 11 is 0. The van der Waals surface area contributed by atoms with Gasteiger partial charge in [0, 0.05) is 11.6 Å². The van der Waals surface area contributed by atoms with Gasteiger partial charge in [0.25, 0.3) is 0 Å². The maximum Gasteiger partial charge on any atom is 0.200 e. The van der Waals surface area contributed by atoms with E-state index in [9.17, 15) is 18.4 Å². The molecule has 0 aliphatic rings. The molecule has 0 aromatic heterocycles. The van der Waals surface area contributed by atoms with Crippen LogP contribution in [-0.2, 0) is 0 Å². The third-order valence-corrected chi connectivity index (χ3v) is 2.86. The highest BCUT2D eigenvalue weighted by Gasteiger charge is 2.10. The second-order valence-electron chi connectivity index (χ2n) is 4.42. The molecule has 2 aromatic rings. The lowest BCUT2D eigenvalue weighted by atomic mass is 10.1. The van der Waals surface area contributed by atoms with E-state index in [0.717, 1.165) is 6.07 Å². The average molecular weight is 290 g/mol. The van der Waals surface area contributed by atoms with E-state index in [1.807, 2.05) is 0 Å². The maximum atomic E-state index is 13.6. The molecule has 0 atom stereocenters. The van der Waals surface area contributed by atoms with E-state index in [4.69, 9.17) is 4.74 Å². The number of Topliss-reactive ketones (excluding diaryl/α,β-unsaturated/α-hetero) is 2. The monoisotopic (exact) mass is 290 g/mol. The summed E-state index contributed by atoms with van der Waals surface area (Å²) in [5.41, 5.74) is 0.268. The van der Waals surface area contributed by atoms with Crippen molar-refractivity contribution in [2.45, 2.75) is 6.92 Å². The zero-order valence-corrected chi connectivity index (χ0v) is 11.2. The first kappa shape index (κ1) is 14.8. The highest BCUT2D eigenvalue weighted by molar-refractivity contribution is 5.97. The van der Waals surface area contributed by atoms with Gasteiger partial charge in [0.2, 0.25) is 0 Å². The predicted molar refractivity (Wildman–Crippen MR) is 72.6 cm³/mol. The van der Waals surface area contributed by atoms with Gasteiger partial charge in [-0.25, -0.2) is 8.78 Å². The molecule has 0 unspecified atom stereocenters. The van der Waals surface area contributed by atoms with Gasteiger partial charge in [-0.15, -0.1) is 0 Å². The van der Waals surface area contributed by atoms with Crippen molar-refractivity contribution in [1.82, 2.24) is 0 Å². The zero-order valence-electron chi connectivity index (χ0n) is 11.2. The minimum absolute atomic E-state index is 0.0350. The van der Waals surface area contributed by atoms with Crippen LogP contribution in [0.4, 0.5) is 8.78 Å². The van der Waals surface area contributed by atoms with Crippen LogP contribution in [0.5, 0.6) is 5.75 Å². The molecule has 3 nitrogen and oxygen atoms in total. The zero-order chi connectivity index (χ0) is 15.4. The van der Waals surface area contributed by atoms with Crippen LogP contribution in [0, 0.1) is 11.6 Å². The van der Waals surface area contributed by atoms with Gasteiger partial charge in [-0.3, -0.25) is 9.59 Å². The van der Waals surface area contributed by atoms with Gasteiger partial charge in [0.1, 0.15) is 17.4 Å². The van der Waals surface area contributed by atoms with Crippen LogP contribution in [0.25, 0.3) is 0 Å². The van der Waals surface area contributed by atoms with Gasteiger partial charge in [0.15, 0.2) is 18.2 Å². The fourth-order valence-electron chi connectivity index (χ4n) is 1.74. The number of halogens is 2. The Kier molecular flexibility index (Phi) is 4.42. The third-order valence-electron chi connectivity index (χ3n) is 2.86. The number of ketones is 2. The van der Waals surface area contributed by atoms with Crippen molar-refractivity contribution in [3.63, 3.8) is 0 Å². The molecule has 0 bridgehead atoms. The second kappa shape index (κ2) is 6.26. The lowest BCUT2D eigenvalue weighted by Gasteiger charge is -2.07. The van der Waals surface area contributed by atoms with Crippen molar-refractivity contribution in [3.8, 4) is 5.75 Å². The Morgan fingerprint density at radius 3 is 2.29 bits per heavy atom. The maximum absolute atomic E-state index is 13.6. The molecule has 0 radical (unpaired) electrons. The van der Waals surface area contributed by atoms with Crippen LogP contribution in [0.3, 0.4) is 0 Å². The van der Waals surface area contributed by atoms with Gasteiger partial charge in [-0.2, -0.15) is 0 Å². The number of ether oxygens (including phenoxy) is 1. The highest BCUT2D eigenvalue weighted by Crippen LogP contribution is 2.17. The van der Waals surface area contributed by atoms with Crippen LogP contribution in [-0.4, -0.2) is 18.2 Å². The lowest BCUT2D eigenvalue weighted by molar-refractivity contribution is 0.0919. The number of rotatable bonds is 5. The van der Waals surface area contributed by atoms with Crippen LogP contribution >= 0.6 is 0 Å². The minimum atomic E-state index is -0.700. The second-order valence-corrected chi connectivity index (χ2v) is 4.42. The van der Waals surface area contributed by atoms with E-state index in [2.05, 4.69) is 0 Å². The number of hydrogen-bond donors (Lipinski definition) is 0. The van der Waals surface area contributed by atoms with Crippen molar-refractivity contribution >= 4 is 11.6 Å². The number of hydrogen-bond acceptors (Lipinski definition) is 3. The molecule has 0 heterocycles. The van der Waals surface area contributed by atoms with Crippen molar-refractivity contribution in [2.75, 3.05) is 6.61 Å². The Morgan fingerprint density at radius 1 is 1.05 bits per heavy atom. The first-order valence-corrected chi connectivity index (χ1v) is 6.19. The Bertz CT molecular complexity index is 678. The van der Waals surface area contributed by atoms with Crippen LogP contribution in [0.2, 0.25) is 0 Å². The third kappa shape index (κ3) is 3.72. The SMILES string of the molecule is CC(=O)c1ccc(OCC(=O)c2ccc(F)cc2)cc1F. The molecule has 0 saturated carbocycles. The molecule has 21 heavy (non-hydrogen) atoms. The fraction of sp³-hybridized carbons (Fsp3) is 0.125. The molecule has 0 fully saturated rings. The van der Waals surface area contributed by atoms with Gasteiger partial charge in [0.05, 0.1) is 5.56 Å². The standard InChI is InChI=1S/C16H12F2O3/c1-10(19)14-7-6-13(8-15(14)18)21-9-16(20)11-2-4-12(17)5-3-11/h2-8H,9H2,1H3. The average Bonchev–Trinajstić information content (AvgIpc) is 2.45. The van der Waals surface area contributed by atoms with Gasteiger partial charge in [-0.1, -0.05) is 0 Å². The Labute approximate surface area is 120 Å². The van der Waals surface area contributed by atoms with E-state index in [-0.39, 0.29) is 29.5 Å². The minimum Gasteiger partial charge on any atom is -0.485 e. The lowest BCUT2D eigenvalue weighted by Crippen LogP contribution is -2.12. The number of benzene rings is 2. The molecule has 0 N–H and O–H groups in total. The van der Waals surface area contributed by atoms with Crippen LogP contribution < -0.4 is 4.74 Å². The van der Waals surface area contributed by atoms with E-state index in [1.54, 1.807) is 0 Å². The molecule has 2 aromatic carbocycles. The first-order valence-electron chi connectivity index (χ1n) is 6.19. The smallest absolute Gasteiger partial charge is 0.200 e. The summed E-state index contributed by atoms with van der Waals surface area (Å²) in [6.07, 6.45) is 0. The molecule has 0 amide bonds. The van der Waals surface area contributed by atoms with Crippen molar-refractivity contribution in [1.29, 1.82) is 0 Å². The van der Waals surface area contributed by atoms with E-state index < -0.39 is 11.6 Å². The molecular weight excluding hydrogens is 278 g/mol. The Hall–Kier alpha value is -2.56. The van der Waals surface area contributed by atoms with E-state index in [0.29, 0.717) is 5.56 Å². The van der Waals surface area contributed by atoms with E-state index >= 15 is 0 Å². The predicted octanol–water partition coefficient (Wildman–Crippen LogP) is 3.43. The normalized spacial score (nSPS) is 10.2. The molecule has 108 valence electrons. The van der Waals surface area contributed by atoms with Crippen LogP contribution in [0.15, 0.2) is 42.5 Å². The summed E-state index contributed by atoms with van der Waals surface area (Å²) in [6, 6.07) is 8.81. The molecular formula is C16H12F2O3. The first-order chi connectivity index (χ1) is 9.97.